The molecular formula is C35H34N4O4S2. The number of nitrogens with one attached hydrogen (secondary N) is 1. The number of thiophene rings is 1. The average molecular weight is 639 g/mol. The molecule has 1 aliphatic heterocycles. The molecule has 230 valence electrons. The molecule has 0 saturated carbocycles. The second-order valence-electron chi connectivity index (χ2n) is 11.0. The minimum Gasteiger partial charge on any atom is -0.462 e. The number of aryl methyl sites for hydroxylation is 1. The van der Waals surface area contributed by atoms with E-state index in [0.717, 1.165) is 29.1 Å². The maximum absolute atomic E-state index is 13.7. The van der Waals surface area contributed by atoms with Gasteiger partial charge in [-0.1, -0.05) is 71.9 Å². The van der Waals surface area contributed by atoms with Gasteiger partial charge in [0, 0.05) is 24.5 Å². The van der Waals surface area contributed by atoms with Gasteiger partial charge in [0.25, 0.3) is 5.56 Å². The standard InChI is InChI=1S/C35H34N4O4S2/c1-4-43-34(42)30-27-18-19-38(20-24-10-6-5-7-11-24)21-29(27)45-32(30)37-31(40)23(3)44-35-36-28-13-9-8-12-26(28)33(41)39(35)25-16-14-22(2)15-17-25/h5-17,23H,4,18-21H2,1-3H3,(H,37,40). The van der Waals surface area contributed by atoms with Crippen LogP contribution in [0.1, 0.15) is 45.8 Å². The summed E-state index contributed by atoms with van der Waals surface area (Å²) < 4.78 is 6.99. The first kappa shape index (κ1) is 30.8. The van der Waals surface area contributed by atoms with Gasteiger partial charge < -0.3 is 10.1 Å². The smallest absolute Gasteiger partial charge is 0.341 e. The van der Waals surface area contributed by atoms with Crippen LogP contribution in [0.5, 0.6) is 0 Å². The number of nitrogens with zero attached hydrogens (tertiary/aromatic N) is 3. The van der Waals surface area contributed by atoms with Gasteiger partial charge in [-0.25, -0.2) is 9.78 Å². The summed E-state index contributed by atoms with van der Waals surface area (Å²) in [6.45, 7) is 8.08. The van der Waals surface area contributed by atoms with E-state index in [1.807, 2.05) is 61.5 Å². The van der Waals surface area contributed by atoms with Crippen LogP contribution in [0, 0.1) is 6.92 Å². The van der Waals surface area contributed by atoms with E-state index in [9.17, 15) is 14.4 Å². The van der Waals surface area contributed by atoms with Crippen molar-refractivity contribution in [3.05, 3.63) is 116 Å². The highest BCUT2D eigenvalue weighted by molar-refractivity contribution is 8.00. The van der Waals surface area contributed by atoms with Crippen molar-refractivity contribution in [1.82, 2.24) is 14.5 Å². The van der Waals surface area contributed by atoms with E-state index < -0.39 is 11.2 Å². The molecule has 3 aromatic carbocycles. The topological polar surface area (TPSA) is 93.5 Å². The maximum Gasteiger partial charge on any atom is 0.341 e. The Morgan fingerprint density at radius 3 is 2.53 bits per heavy atom. The Morgan fingerprint density at radius 2 is 1.78 bits per heavy atom. The number of anilines is 1. The number of rotatable bonds is 9. The van der Waals surface area contributed by atoms with E-state index in [-0.39, 0.29) is 18.1 Å². The summed E-state index contributed by atoms with van der Waals surface area (Å²) in [6.07, 6.45) is 0.691. The number of benzene rings is 3. The van der Waals surface area contributed by atoms with Crippen LogP contribution in [0.3, 0.4) is 0 Å². The number of hydrogen-bond acceptors (Lipinski definition) is 8. The number of para-hydroxylation sites is 1. The zero-order valence-electron chi connectivity index (χ0n) is 25.4. The fraction of sp³-hybridized carbons (Fsp3) is 0.257. The van der Waals surface area contributed by atoms with Crippen molar-refractivity contribution in [3.63, 3.8) is 0 Å². The van der Waals surface area contributed by atoms with Gasteiger partial charge in [0.1, 0.15) is 5.00 Å². The third-order valence-electron chi connectivity index (χ3n) is 7.79. The van der Waals surface area contributed by atoms with Crippen molar-refractivity contribution in [3.8, 4) is 5.69 Å². The summed E-state index contributed by atoms with van der Waals surface area (Å²) in [5.74, 6) is -0.713. The first-order valence-corrected chi connectivity index (χ1v) is 16.7. The van der Waals surface area contributed by atoms with Crippen LogP contribution in [0.25, 0.3) is 16.6 Å². The van der Waals surface area contributed by atoms with Crippen molar-refractivity contribution < 1.29 is 14.3 Å². The van der Waals surface area contributed by atoms with E-state index in [1.165, 1.54) is 28.7 Å². The monoisotopic (exact) mass is 638 g/mol. The molecule has 1 N–H and O–H groups in total. The lowest BCUT2D eigenvalue weighted by Crippen LogP contribution is -2.30. The van der Waals surface area contributed by atoms with Gasteiger partial charge in [0.05, 0.1) is 34.0 Å². The summed E-state index contributed by atoms with van der Waals surface area (Å²) >= 11 is 2.64. The maximum atomic E-state index is 13.7. The highest BCUT2D eigenvalue weighted by atomic mass is 32.2. The first-order chi connectivity index (χ1) is 21.8. The fourth-order valence-electron chi connectivity index (χ4n) is 5.48. The zero-order valence-corrected chi connectivity index (χ0v) is 27.0. The van der Waals surface area contributed by atoms with Crippen LogP contribution < -0.4 is 10.9 Å². The highest BCUT2D eigenvalue weighted by Gasteiger charge is 2.31. The Morgan fingerprint density at radius 1 is 1.04 bits per heavy atom. The molecule has 1 aliphatic rings. The van der Waals surface area contributed by atoms with Gasteiger partial charge >= 0.3 is 5.97 Å². The van der Waals surface area contributed by atoms with Gasteiger partial charge in [0.2, 0.25) is 5.91 Å². The number of esters is 1. The molecule has 0 aliphatic carbocycles. The number of hydrogen-bond donors (Lipinski definition) is 1. The van der Waals surface area contributed by atoms with E-state index in [2.05, 4.69) is 22.3 Å². The number of ether oxygens (including phenoxy) is 1. The molecule has 0 saturated heterocycles. The Bertz CT molecular complexity index is 1920. The lowest BCUT2D eigenvalue weighted by atomic mass is 10.0. The number of carbonyl (C=O) groups excluding carboxylic acids is 2. The van der Waals surface area contributed by atoms with Crippen LogP contribution in [-0.4, -0.2) is 44.7 Å². The minimum absolute atomic E-state index is 0.199. The predicted octanol–water partition coefficient (Wildman–Crippen LogP) is 6.61. The van der Waals surface area contributed by atoms with E-state index in [0.29, 0.717) is 45.3 Å². The van der Waals surface area contributed by atoms with Crippen LogP contribution in [0.4, 0.5) is 5.00 Å². The average Bonchev–Trinajstić information content (AvgIpc) is 3.39. The zero-order chi connectivity index (χ0) is 31.5. The second-order valence-corrected chi connectivity index (χ2v) is 13.4. The molecule has 0 fully saturated rings. The molecule has 8 nitrogen and oxygen atoms in total. The van der Waals surface area contributed by atoms with Crippen LogP contribution in [-0.2, 0) is 29.0 Å². The number of aromatic nitrogens is 2. The van der Waals surface area contributed by atoms with Crippen LogP contribution in [0.15, 0.2) is 88.8 Å². The Kier molecular flexibility index (Phi) is 9.16. The molecule has 1 unspecified atom stereocenters. The molecule has 10 heteroatoms. The molecular weight excluding hydrogens is 605 g/mol. The number of thioether (sulfide) groups is 1. The molecule has 2 aromatic heterocycles. The van der Waals surface area contributed by atoms with E-state index in [1.54, 1.807) is 30.5 Å². The summed E-state index contributed by atoms with van der Waals surface area (Å²) in [7, 11) is 0. The highest BCUT2D eigenvalue weighted by Crippen LogP contribution is 2.38. The Balaban J connectivity index is 1.28. The minimum atomic E-state index is -0.626. The predicted molar refractivity (Wildman–Crippen MR) is 181 cm³/mol. The third-order valence-corrected chi connectivity index (χ3v) is 9.97. The fourth-order valence-corrected chi connectivity index (χ4v) is 7.69. The normalized spacial score (nSPS) is 13.8. The Labute approximate surface area is 270 Å². The van der Waals surface area contributed by atoms with Crippen molar-refractivity contribution in [2.45, 2.75) is 50.7 Å². The van der Waals surface area contributed by atoms with Crippen molar-refractivity contribution in [2.75, 3.05) is 18.5 Å². The van der Waals surface area contributed by atoms with Crippen LogP contribution >= 0.6 is 23.1 Å². The van der Waals surface area contributed by atoms with Gasteiger partial charge in [-0.2, -0.15) is 0 Å². The largest absolute Gasteiger partial charge is 0.462 e. The molecule has 0 bridgehead atoms. The number of fused-ring (bicyclic) bond motifs is 2. The number of carbonyl (C=O) groups is 2. The SMILES string of the molecule is CCOC(=O)c1c(NC(=O)C(C)Sc2nc3ccccc3c(=O)n2-c2ccc(C)cc2)sc2c1CCN(Cc1ccccc1)C2. The molecule has 3 heterocycles. The van der Waals surface area contributed by atoms with E-state index in [4.69, 9.17) is 9.72 Å². The second kappa shape index (κ2) is 13.4. The molecule has 5 aromatic rings. The quantitative estimate of drug-likeness (QED) is 0.110. The lowest BCUT2D eigenvalue weighted by molar-refractivity contribution is -0.115. The van der Waals surface area contributed by atoms with Gasteiger partial charge in [0.15, 0.2) is 5.16 Å². The van der Waals surface area contributed by atoms with Gasteiger partial charge in [-0.3, -0.25) is 19.1 Å². The van der Waals surface area contributed by atoms with Crippen molar-refractivity contribution in [2.24, 2.45) is 0 Å². The van der Waals surface area contributed by atoms with Crippen molar-refractivity contribution in [1.29, 1.82) is 0 Å². The molecule has 1 amide bonds. The van der Waals surface area contributed by atoms with E-state index >= 15 is 0 Å². The van der Waals surface area contributed by atoms with Gasteiger partial charge in [-0.05, 0) is 62.6 Å². The molecule has 0 spiro atoms. The summed E-state index contributed by atoms with van der Waals surface area (Å²) in [5, 5.41) is 3.83. The third kappa shape index (κ3) is 6.58. The first-order valence-electron chi connectivity index (χ1n) is 15.0. The molecule has 1 atom stereocenters. The Hall–Kier alpha value is -4.25. The molecule has 6 rings (SSSR count). The summed E-state index contributed by atoms with van der Waals surface area (Å²) in [5.41, 5.74) is 4.74. The van der Waals surface area contributed by atoms with Crippen LogP contribution in [0.2, 0.25) is 0 Å². The molecule has 0 radical (unpaired) electrons. The molecule has 45 heavy (non-hydrogen) atoms. The lowest BCUT2D eigenvalue weighted by Gasteiger charge is -2.27. The van der Waals surface area contributed by atoms with Crippen molar-refractivity contribution >= 4 is 50.9 Å². The number of amides is 1. The van der Waals surface area contributed by atoms with Gasteiger partial charge in [-0.15, -0.1) is 11.3 Å². The summed E-state index contributed by atoms with van der Waals surface area (Å²) in [6, 6.07) is 25.2. The summed E-state index contributed by atoms with van der Waals surface area (Å²) in [4.78, 5) is 48.7.